The van der Waals surface area contributed by atoms with E-state index in [9.17, 15) is 0 Å². The summed E-state index contributed by atoms with van der Waals surface area (Å²) in [7, 11) is 0. The normalized spacial score (nSPS) is 25.8. The number of nitrogens with one attached hydrogen (secondary N) is 1. The van der Waals surface area contributed by atoms with Gasteiger partial charge in [0, 0.05) is 31.4 Å². The molecule has 0 radical (unpaired) electrons. The molecule has 3 heteroatoms. The molecule has 0 aromatic carbocycles. The second kappa shape index (κ2) is 4.83. The molecule has 3 nitrogen and oxygen atoms in total. The third-order valence-corrected chi connectivity index (χ3v) is 3.28. The highest BCUT2D eigenvalue weighted by atomic mass is 15.2. The van der Waals surface area contributed by atoms with Crippen LogP contribution < -0.4 is 10.2 Å². The summed E-state index contributed by atoms with van der Waals surface area (Å²) in [6, 6.07) is 3.39. The van der Waals surface area contributed by atoms with Gasteiger partial charge in [-0.2, -0.15) is 0 Å². The molecule has 1 saturated heterocycles. The Morgan fingerprint density at radius 3 is 3.00 bits per heavy atom. The Morgan fingerprint density at radius 1 is 1.50 bits per heavy atom. The zero-order valence-electron chi connectivity index (χ0n) is 10.4. The third-order valence-electron chi connectivity index (χ3n) is 3.28. The van der Waals surface area contributed by atoms with Gasteiger partial charge in [0.1, 0.15) is 0 Å². The van der Waals surface area contributed by atoms with E-state index in [-0.39, 0.29) is 0 Å². The van der Waals surface area contributed by atoms with Crippen LogP contribution in [0.5, 0.6) is 0 Å². The predicted octanol–water partition coefficient (Wildman–Crippen LogP) is 1.97. The van der Waals surface area contributed by atoms with E-state index >= 15 is 0 Å². The van der Waals surface area contributed by atoms with E-state index in [0.29, 0.717) is 12.1 Å². The largest absolute Gasteiger partial charge is 0.364 e. The Labute approximate surface area is 97.9 Å². The smallest absolute Gasteiger partial charge is 0.0558 e. The first kappa shape index (κ1) is 11.4. The summed E-state index contributed by atoms with van der Waals surface area (Å²) < 4.78 is 0. The highest BCUT2D eigenvalue weighted by Gasteiger charge is 2.24. The SMILES string of the molecule is CCC1CNC(C)CN1c1cncc(C)c1. The van der Waals surface area contributed by atoms with Crippen LogP contribution in [0.2, 0.25) is 0 Å². The average Bonchev–Trinajstić information content (AvgIpc) is 2.29. The minimum absolute atomic E-state index is 0.559. The molecule has 0 aliphatic carbocycles. The second-order valence-electron chi connectivity index (χ2n) is 4.74. The Hall–Kier alpha value is -1.09. The van der Waals surface area contributed by atoms with Gasteiger partial charge in [-0.3, -0.25) is 4.98 Å². The Bertz CT molecular complexity index is 351. The molecule has 16 heavy (non-hydrogen) atoms. The lowest BCUT2D eigenvalue weighted by molar-refractivity contribution is 0.402. The van der Waals surface area contributed by atoms with Crippen molar-refractivity contribution in [2.24, 2.45) is 0 Å². The minimum Gasteiger partial charge on any atom is -0.364 e. The number of aryl methyl sites for hydroxylation is 1. The molecule has 0 spiro atoms. The first-order chi connectivity index (χ1) is 7.70. The molecule has 2 heterocycles. The van der Waals surface area contributed by atoms with Crippen molar-refractivity contribution < 1.29 is 0 Å². The van der Waals surface area contributed by atoms with Crippen molar-refractivity contribution in [2.45, 2.75) is 39.3 Å². The van der Waals surface area contributed by atoms with Gasteiger partial charge in [0.15, 0.2) is 0 Å². The van der Waals surface area contributed by atoms with Crippen molar-refractivity contribution >= 4 is 5.69 Å². The molecule has 88 valence electrons. The fourth-order valence-corrected chi connectivity index (χ4v) is 2.33. The van der Waals surface area contributed by atoms with E-state index in [0.717, 1.165) is 13.1 Å². The first-order valence-electron chi connectivity index (χ1n) is 6.12. The van der Waals surface area contributed by atoms with E-state index in [2.05, 4.69) is 42.0 Å². The molecule has 1 aliphatic heterocycles. The molecule has 2 atom stereocenters. The monoisotopic (exact) mass is 219 g/mol. The van der Waals surface area contributed by atoms with Crippen LogP contribution >= 0.6 is 0 Å². The maximum atomic E-state index is 4.29. The van der Waals surface area contributed by atoms with Crippen molar-refractivity contribution in [1.82, 2.24) is 10.3 Å². The number of piperazine rings is 1. The molecule has 0 saturated carbocycles. The lowest BCUT2D eigenvalue weighted by Crippen LogP contribution is -2.55. The molecule has 0 bridgehead atoms. The highest BCUT2D eigenvalue weighted by molar-refractivity contribution is 5.47. The number of anilines is 1. The van der Waals surface area contributed by atoms with Gasteiger partial charge in [-0.05, 0) is 31.9 Å². The molecular formula is C13H21N3. The van der Waals surface area contributed by atoms with Crippen LogP contribution in [-0.2, 0) is 0 Å². The standard InChI is InChI=1S/C13H21N3/c1-4-12-8-15-11(3)9-16(12)13-5-10(2)6-14-7-13/h5-7,11-12,15H,4,8-9H2,1-3H3. The zero-order chi connectivity index (χ0) is 11.5. The van der Waals surface area contributed by atoms with E-state index in [1.165, 1.54) is 17.7 Å². The molecule has 0 amide bonds. The number of nitrogens with zero attached hydrogens (tertiary/aromatic N) is 2. The maximum absolute atomic E-state index is 4.29. The van der Waals surface area contributed by atoms with Crippen LogP contribution in [0.1, 0.15) is 25.8 Å². The lowest BCUT2D eigenvalue weighted by atomic mass is 10.1. The van der Waals surface area contributed by atoms with Crippen LogP contribution in [0.15, 0.2) is 18.5 Å². The van der Waals surface area contributed by atoms with Crippen molar-refractivity contribution in [3.05, 3.63) is 24.0 Å². The number of aromatic nitrogens is 1. The molecule has 1 N–H and O–H groups in total. The zero-order valence-corrected chi connectivity index (χ0v) is 10.4. The summed E-state index contributed by atoms with van der Waals surface area (Å²) in [6.07, 6.45) is 5.07. The molecule has 2 rings (SSSR count). The van der Waals surface area contributed by atoms with E-state index in [1.54, 1.807) is 0 Å². The van der Waals surface area contributed by atoms with E-state index in [1.807, 2.05) is 12.4 Å². The molecule has 1 aliphatic rings. The van der Waals surface area contributed by atoms with Gasteiger partial charge < -0.3 is 10.2 Å². The summed E-state index contributed by atoms with van der Waals surface area (Å²) in [5.41, 5.74) is 2.50. The third kappa shape index (κ3) is 2.35. The summed E-state index contributed by atoms with van der Waals surface area (Å²) >= 11 is 0. The van der Waals surface area contributed by atoms with Crippen LogP contribution in [0.3, 0.4) is 0 Å². The van der Waals surface area contributed by atoms with Crippen LogP contribution in [0.25, 0.3) is 0 Å². The van der Waals surface area contributed by atoms with Crippen LogP contribution in [-0.4, -0.2) is 30.2 Å². The van der Waals surface area contributed by atoms with Crippen molar-refractivity contribution in [3.63, 3.8) is 0 Å². The average molecular weight is 219 g/mol. The summed E-state index contributed by atoms with van der Waals surface area (Å²) in [5.74, 6) is 0. The van der Waals surface area contributed by atoms with Gasteiger partial charge in [0.05, 0.1) is 11.9 Å². The highest BCUT2D eigenvalue weighted by Crippen LogP contribution is 2.21. The number of hydrogen-bond acceptors (Lipinski definition) is 3. The molecule has 1 aromatic rings. The molecule has 2 unspecified atom stereocenters. The van der Waals surface area contributed by atoms with Crippen LogP contribution in [0, 0.1) is 6.92 Å². The lowest BCUT2D eigenvalue weighted by Gasteiger charge is -2.40. The summed E-state index contributed by atoms with van der Waals surface area (Å²) in [6.45, 7) is 8.74. The number of rotatable bonds is 2. The van der Waals surface area contributed by atoms with Gasteiger partial charge in [-0.15, -0.1) is 0 Å². The van der Waals surface area contributed by atoms with Gasteiger partial charge in [-0.25, -0.2) is 0 Å². The van der Waals surface area contributed by atoms with Gasteiger partial charge >= 0.3 is 0 Å². The van der Waals surface area contributed by atoms with Crippen molar-refractivity contribution in [1.29, 1.82) is 0 Å². The Balaban J connectivity index is 2.22. The molecular weight excluding hydrogens is 198 g/mol. The van der Waals surface area contributed by atoms with E-state index < -0.39 is 0 Å². The predicted molar refractivity (Wildman–Crippen MR) is 67.9 cm³/mol. The van der Waals surface area contributed by atoms with Gasteiger partial charge in [-0.1, -0.05) is 6.92 Å². The topological polar surface area (TPSA) is 28.2 Å². The quantitative estimate of drug-likeness (QED) is 0.824. The first-order valence-corrected chi connectivity index (χ1v) is 6.12. The Morgan fingerprint density at radius 2 is 2.31 bits per heavy atom. The minimum atomic E-state index is 0.559. The van der Waals surface area contributed by atoms with Gasteiger partial charge in [0.2, 0.25) is 0 Å². The van der Waals surface area contributed by atoms with Gasteiger partial charge in [0.25, 0.3) is 0 Å². The maximum Gasteiger partial charge on any atom is 0.0558 e. The molecule has 1 aromatic heterocycles. The summed E-state index contributed by atoms with van der Waals surface area (Å²) in [5, 5.41) is 3.54. The fourth-order valence-electron chi connectivity index (χ4n) is 2.33. The molecule has 1 fully saturated rings. The summed E-state index contributed by atoms with van der Waals surface area (Å²) in [4.78, 5) is 6.78. The van der Waals surface area contributed by atoms with Crippen molar-refractivity contribution in [3.8, 4) is 0 Å². The van der Waals surface area contributed by atoms with Crippen molar-refractivity contribution in [2.75, 3.05) is 18.0 Å². The second-order valence-corrected chi connectivity index (χ2v) is 4.74. The van der Waals surface area contributed by atoms with E-state index in [4.69, 9.17) is 0 Å². The number of pyridine rings is 1. The Kier molecular flexibility index (Phi) is 3.44. The fraction of sp³-hybridized carbons (Fsp3) is 0.615. The van der Waals surface area contributed by atoms with Crippen LogP contribution in [0.4, 0.5) is 5.69 Å². The number of hydrogen-bond donors (Lipinski definition) is 1.